The van der Waals surface area contributed by atoms with Crippen molar-refractivity contribution in [2.24, 2.45) is 10.4 Å². The standard InChI is InChI=1S/C20H30N4O2.HI/c1-3-21-19(22-12-16-5-7-17(8-6-16)15(2)25)24-10-4-9-20(14-24)11-18(26)23-13-20;/h5-8,15,25H,3-4,9-14H2,1-2H3,(H,21,22)(H,23,26);1H. The van der Waals surface area contributed by atoms with Gasteiger partial charge in [-0.15, -0.1) is 24.0 Å². The van der Waals surface area contributed by atoms with Gasteiger partial charge in [0.2, 0.25) is 5.91 Å². The van der Waals surface area contributed by atoms with Gasteiger partial charge in [0, 0.05) is 38.0 Å². The van der Waals surface area contributed by atoms with E-state index in [4.69, 9.17) is 4.99 Å². The van der Waals surface area contributed by atoms with E-state index < -0.39 is 6.10 Å². The number of benzene rings is 1. The quantitative estimate of drug-likeness (QED) is 0.347. The molecule has 3 N–H and O–H groups in total. The fraction of sp³-hybridized carbons (Fsp3) is 0.600. The maximum atomic E-state index is 11.7. The molecular formula is C20H31IN4O2. The number of amides is 1. The van der Waals surface area contributed by atoms with E-state index in [9.17, 15) is 9.90 Å². The lowest BCUT2D eigenvalue weighted by Crippen LogP contribution is -2.51. The van der Waals surface area contributed by atoms with Crippen LogP contribution in [0.1, 0.15) is 50.3 Å². The van der Waals surface area contributed by atoms with Crippen LogP contribution in [0.15, 0.2) is 29.3 Å². The molecule has 3 rings (SSSR count). The Hall–Kier alpha value is -1.35. The molecule has 1 aromatic rings. The summed E-state index contributed by atoms with van der Waals surface area (Å²) in [6, 6.07) is 7.95. The molecule has 2 aliphatic rings. The topological polar surface area (TPSA) is 77.0 Å². The summed E-state index contributed by atoms with van der Waals surface area (Å²) in [5.74, 6) is 1.09. The first-order valence-corrected chi connectivity index (χ1v) is 9.58. The van der Waals surface area contributed by atoms with E-state index in [-0.39, 0.29) is 35.3 Å². The summed E-state index contributed by atoms with van der Waals surface area (Å²) in [5.41, 5.74) is 2.10. The number of nitrogens with zero attached hydrogens (tertiary/aromatic N) is 2. The van der Waals surface area contributed by atoms with Gasteiger partial charge in [-0.3, -0.25) is 4.79 Å². The SMILES string of the molecule is CCNC(=NCc1ccc(C(C)O)cc1)N1CCCC2(CNC(=O)C2)C1.I. The Morgan fingerprint density at radius 2 is 2.15 bits per heavy atom. The molecule has 2 heterocycles. The van der Waals surface area contributed by atoms with Crippen LogP contribution in [0.4, 0.5) is 0 Å². The smallest absolute Gasteiger partial charge is 0.220 e. The number of aliphatic imine (C=N–C) groups is 1. The molecule has 150 valence electrons. The molecular weight excluding hydrogens is 455 g/mol. The van der Waals surface area contributed by atoms with E-state index in [1.807, 2.05) is 24.3 Å². The monoisotopic (exact) mass is 486 g/mol. The largest absolute Gasteiger partial charge is 0.389 e. The van der Waals surface area contributed by atoms with Gasteiger partial charge in [0.15, 0.2) is 5.96 Å². The first-order chi connectivity index (χ1) is 12.5. The Balaban J connectivity index is 0.00000261. The van der Waals surface area contributed by atoms with Crippen molar-refractivity contribution in [1.82, 2.24) is 15.5 Å². The van der Waals surface area contributed by atoms with Crippen molar-refractivity contribution < 1.29 is 9.90 Å². The number of likely N-dealkylation sites (tertiary alicyclic amines) is 1. The minimum atomic E-state index is -0.447. The second-order valence-electron chi connectivity index (χ2n) is 7.57. The Bertz CT molecular complexity index is 662. The molecule has 1 amide bonds. The zero-order chi connectivity index (χ0) is 18.6. The fourth-order valence-electron chi connectivity index (χ4n) is 3.92. The lowest BCUT2D eigenvalue weighted by molar-refractivity contribution is -0.119. The van der Waals surface area contributed by atoms with E-state index in [0.29, 0.717) is 13.0 Å². The van der Waals surface area contributed by atoms with E-state index in [1.165, 1.54) is 0 Å². The van der Waals surface area contributed by atoms with E-state index in [0.717, 1.165) is 56.1 Å². The third-order valence-corrected chi connectivity index (χ3v) is 5.37. The Kier molecular flexibility index (Phi) is 7.91. The van der Waals surface area contributed by atoms with Crippen LogP contribution >= 0.6 is 24.0 Å². The lowest BCUT2D eigenvalue weighted by Gasteiger charge is -2.40. The Labute approximate surface area is 178 Å². The maximum absolute atomic E-state index is 11.7. The number of guanidine groups is 1. The summed E-state index contributed by atoms with van der Waals surface area (Å²) >= 11 is 0. The number of halogens is 1. The van der Waals surface area contributed by atoms with E-state index in [1.54, 1.807) is 6.92 Å². The van der Waals surface area contributed by atoms with Crippen LogP contribution in [0.25, 0.3) is 0 Å². The average molecular weight is 486 g/mol. The first kappa shape index (κ1) is 21.9. The number of hydrogen-bond acceptors (Lipinski definition) is 3. The molecule has 27 heavy (non-hydrogen) atoms. The second kappa shape index (κ2) is 9.73. The molecule has 7 heteroatoms. The van der Waals surface area contributed by atoms with Gasteiger partial charge in [-0.2, -0.15) is 0 Å². The molecule has 0 aromatic heterocycles. The van der Waals surface area contributed by atoms with Gasteiger partial charge >= 0.3 is 0 Å². The minimum absolute atomic E-state index is 0. The van der Waals surface area contributed by atoms with Gasteiger partial charge in [0.05, 0.1) is 12.6 Å². The van der Waals surface area contributed by atoms with Gasteiger partial charge in [-0.05, 0) is 37.8 Å². The minimum Gasteiger partial charge on any atom is -0.389 e. The van der Waals surface area contributed by atoms with Gasteiger partial charge in [-0.1, -0.05) is 24.3 Å². The maximum Gasteiger partial charge on any atom is 0.220 e. The summed E-state index contributed by atoms with van der Waals surface area (Å²) < 4.78 is 0. The molecule has 0 bridgehead atoms. The van der Waals surface area contributed by atoms with Crippen molar-refractivity contribution in [3.8, 4) is 0 Å². The summed E-state index contributed by atoms with van der Waals surface area (Å²) in [4.78, 5) is 18.8. The van der Waals surface area contributed by atoms with Crippen LogP contribution in [0.3, 0.4) is 0 Å². The van der Waals surface area contributed by atoms with Crippen molar-refractivity contribution in [2.45, 2.75) is 45.8 Å². The van der Waals surface area contributed by atoms with Crippen molar-refractivity contribution >= 4 is 35.8 Å². The number of rotatable bonds is 4. The number of hydrogen-bond donors (Lipinski definition) is 3. The average Bonchev–Trinajstić information content (AvgIpc) is 2.98. The number of nitrogens with one attached hydrogen (secondary N) is 2. The van der Waals surface area contributed by atoms with E-state index >= 15 is 0 Å². The molecule has 2 saturated heterocycles. The number of aliphatic hydroxyl groups excluding tert-OH is 1. The normalized spacial score (nSPS) is 23.7. The van der Waals surface area contributed by atoms with Crippen molar-refractivity contribution in [3.63, 3.8) is 0 Å². The molecule has 0 aliphatic carbocycles. The molecule has 6 nitrogen and oxygen atoms in total. The highest BCUT2D eigenvalue weighted by molar-refractivity contribution is 14.0. The highest BCUT2D eigenvalue weighted by Gasteiger charge is 2.42. The van der Waals surface area contributed by atoms with Crippen LogP contribution in [0.5, 0.6) is 0 Å². The summed E-state index contributed by atoms with van der Waals surface area (Å²) in [6.45, 7) is 7.89. The zero-order valence-electron chi connectivity index (χ0n) is 16.2. The van der Waals surface area contributed by atoms with Crippen LogP contribution in [0.2, 0.25) is 0 Å². The van der Waals surface area contributed by atoms with E-state index in [2.05, 4.69) is 22.5 Å². The first-order valence-electron chi connectivity index (χ1n) is 9.58. The lowest BCUT2D eigenvalue weighted by atomic mass is 9.79. The van der Waals surface area contributed by atoms with Crippen molar-refractivity contribution in [1.29, 1.82) is 0 Å². The van der Waals surface area contributed by atoms with Crippen LogP contribution in [0, 0.1) is 5.41 Å². The molecule has 0 radical (unpaired) electrons. The predicted octanol–water partition coefficient (Wildman–Crippen LogP) is 2.43. The van der Waals surface area contributed by atoms with Gasteiger partial charge in [0.1, 0.15) is 0 Å². The fourth-order valence-corrected chi connectivity index (χ4v) is 3.92. The Morgan fingerprint density at radius 3 is 2.74 bits per heavy atom. The van der Waals surface area contributed by atoms with Crippen LogP contribution in [-0.4, -0.2) is 48.1 Å². The molecule has 2 fully saturated rings. The van der Waals surface area contributed by atoms with Gasteiger partial charge in [0.25, 0.3) is 0 Å². The van der Waals surface area contributed by atoms with Gasteiger partial charge < -0.3 is 20.6 Å². The number of carbonyl (C=O) groups is 1. The summed E-state index contributed by atoms with van der Waals surface area (Å²) in [7, 11) is 0. The predicted molar refractivity (Wildman–Crippen MR) is 118 cm³/mol. The van der Waals surface area contributed by atoms with Crippen molar-refractivity contribution in [2.75, 3.05) is 26.2 Å². The second-order valence-corrected chi connectivity index (χ2v) is 7.57. The summed E-state index contributed by atoms with van der Waals surface area (Å²) in [5, 5.41) is 16.0. The molecule has 1 aromatic carbocycles. The molecule has 1 spiro atoms. The molecule has 2 aliphatic heterocycles. The van der Waals surface area contributed by atoms with Crippen LogP contribution in [-0.2, 0) is 11.3 Å². The van der Waals surface area contributed by atoms with Crippen molar-refractivity contribution in [3.05, 3.63) is 35.4 Å². The third-order valence-electron chi connectivity index (χ3n) is 5.37. The van der Waals surface area contributed by atoms with Crippen LogP contribution < -0.4 is 10.6 Å². The molecule has 2 atom stereocenters. The third kappa shape index (κ3) is 5.57. The number of aliphatic hydroxyl groups is 1. The number of piperidine rings is 1. The highest BCUT2D eigenvalue weighted by atomic mass is 127. The summed E-state index contributed by atoms with van der Waals surface area (Å²) in [6.07, 6.45) is 2.37. The zero-order valence-corrected chi connectivity index (χ0v) is 18.5. The van der Waals surface area contributed by atoms with Gasteiger partial charge in [-0.25, -0.2) is 4.99 Å². The number of carbonyl (C=O) groups excluding carboxylic acids is 1. The Morgan fingerprint density at radius 1 is 1.41 bits per heavy atom. The molecule has 2 unspecified atom stereocenters. The highest BCUT2D eigenvalue weighted by Crippen LogP contribution is 2.36. The molecule has 0 saturated carbocycles.